The predicted molar refractivity (Wildman–Crippen MR) is 152 cm³/mol. The topological polar surface area (TPSA) is 76.5 Å². The number of aliphatic hydroxyl groups is 1. The second kappa shape index (κ2) is 16.2. The minimum Gasteiger partial charge on any atom is -0.395 e. The number of nitrogens with zero attached hydrogens (tertiary/aromatic N) is 4. The molecule has 198 valence electrons. The van der Waals surface area contributed by atoms with Crippen molar-refractivity contribution in [1.82, 2.24) is 20.0 Å². The van der Waals surface area contributed by atoms with Crippen molar-refractivity contribution in [2.75, 3.05) is 57.0 Å². The van der Waals surface area contributed by atoms with E-state index >= 15 is 0 Å². The van der Waals surface area contributed by atoms with Crippen molar-refractivity contribution in [3.63, 3.8) is 0 Å². The van der Waals surface area contributed by atoms with Gasteiger partial charge in [-0.3, -0.25) is 0 Å². The van der Waals surface area contributed by atoms with Gasteiger partial charge in [0.2, 0.25) is 0 Å². The normalized spacial score (nSPS) is 18.7. The fourth-order valence-electron chi connectivity index (χ4n) is 4.62. The molecule has 3 N–H and O–H groups in total. The molecule has 0 spiro atoms. The van der Waals surface area contributed by atoms with E-state index in [0.29, 0.717) is 12.4 Å². The van der Waals surface area contributed by atoms with E-state index in [-0.39, 0.29) is 6.61 Å². The van der Waals surface area contributed by atoms with Crippen LogP contribution in [-0.4, -0.2) is 77.5 Å². The molecule has 2 fully saturated rings. The molecular weight excluding hydrogens is 448 g/mol. The quantitative estimate of drug-likeness (QED) is 0.349. The molecule has 0 unspecified atom stereocenters. The highest BCUT2D eigenvalue weighted by molar-refractivity contribution is 5.63. The summed E-state index contributed by atoms with van der Waals surface area (Å²) < 4.78 is 0. The van der Waals surface area contributed by atoms with Crippen LogP contribution in [0.15, 0.2) is 42.3 Å². The standard InChI is InChI=1S/C17H22N4O.C12H24N2/c1-5-13(6-2)11-14(7-3)20-17-15(8-4)16(12-19-21-17)18-9-10-22;1-11-3-9-14(10-4-11)12-5-7-13(2)8-6-12/h1,6-7,11-12,22H,3,8-10H2,2,4H3,(H2,18,20,21);11-12H,3-10H2,1-2H3/b13-6-,14-11+;. The van der Waals surface area contributed by atoms with Crippen LogP contribution in [0.2, 0.25) is 0 Å². The lowest BCUT2D eigenvalue weighted by Gasteiger charge is -2.40. The van der Waals surface area contributed by atoms with Gasteiger partial charge in [-0.15, -0.1) is 11.5 Å². The minimum absolute atomic E-state index is 0.0544. The average Bonchev–Trinajstić information content (AvgIpc) is 2.91. The molecule has 0 atom stereocenters. The first-order chi connectivity index (χ1) is 17.4. The SMILES string of the molecule is C#CC(=C/C)/C=C(\C=C)Nc1nncc(NCCO)c1CC.CC1CCN(C2CCN(C)CC2)CC1. The van der Waals surface area contributed by atoms with Crippen LogP contribution in [0.3, 0.4) is 0 Å². The number of allylic oxidation sites excluding steroid dienone is 4. The van der Waals surface area contributed by atoms with Gasteiger partial charge in [0.1, 0.15) is 0 Å². The lowest BCUT2D eigenvalue weighted by atomic mass is 9.95. The summed E-state index contributed by atoms with van der Waals surface area (Å²) in [5.74, 6) is 4.20. The zero-order valence-corrected chi connectivity index (χ0v) is 22.8. The minimum atomic E-state index is 0.0544. The summed E-state index contributed by atoms with van der Waals surface area (Å²) in [4.78, 5) is 5.20. The highest BCUT2D eigenvalue weighted by atomic mass is 16.3. The van der Waals surface area contributed by atoms with Gasteiger partial charge in [0.05, 0.1) is 18.5 Å². The van der Waals surface area contributed by atoms with Crippen LogP contribution in [0, 0.1) is 18.3 Å². The van der Waals surface area contributed by atoms with Gasteiger partial charge in [-0.2, -0.15) is 5.10 Å². The molecule has 0 radical (unpaired) electrons. The molecule has 36 heavy (non-hydrogen) atoms. The summed E-state index contributed by atoms with van der Waals surface area (Å²) in [6, 6.07) is 0.902. The number of piperidine rings is 2. The number of nitrogens with one attached hydrogen (secondary N) is 2. The number of hydrogen-bond acceptors (Lipinski definition) is 7. The predicted octanol–water partition coefficient (Wildman–Crippen LogP) is 4.32. The monoisotopic (exact) mass is 494 g/mol. The van der Waals surface area contributed by atoms with Gasteiger partial charge in [-0.1, -0.05) is 32.4 Å². The fourth-order valence-corrected chi connectivity index (χ4v) is 4.62. The Morgan fingerprint density at radius 1 is 1.25 bits per heavy atom. The smallest absolute Gasteiger partial charge is 0.158 e. The van der Waals surface area contributed by atoms with E-state index in [1.807, 2.05) is 26.0 Å². The van der Waals surface area contributed by atoms with Crippen LogP contribution in [-0.2, 0) is 6.42 Å². The van der Waals surface area contributed by atoms with Crippen LogP contribution in [0.1, 0.15) is 52.0 Å². The number of aliphatic hydroxyl groups excluding tert-OH is 1. The number of hydrogen-bond donors (Lipinski definition) is 3. The second-order valence-electron chi connectivity index (χ2n) is 9.66. The Balaban J connectivity index is 0.000000278. The Bertz CT molecular complexity index is 883. The van der Waals surface area contributed by atoms with E-state index in [1.54, 1.807) is 12.3 Å². The number of aromatic nitrogens is 2. The van der Waals surface area contributed by atoms with Gasteiger partial charge in [0, 0.05) is 29.4 Å². The Morgan fingerprint density at radius 2 is 1.94 bits per heavy atom. The Hall–Kier alpha value is -2.66. The maximum absolute atomic E-state index is 8.94. The van der Waals surface area contributed by atoms with Gasteiger partial charge < -0.3 is 25.5 Å². The highest BCUT2D eigenvalue weighted by Gasteiger charge is 2.25. The lowest BCUT2D eigenvalue weighted by Crippen LogP contribution is -2.46. The maximum Gasteiger partial charge on any atom is 0.158 e. The van der Waals surface area contributed by atoms with Crippen molar-refractivity contribution >= 4 is 11.5 Å². The van der Waals surface area contributed by atoms with Crippen molar-refractivity contribution in [2.24, 2.45) is 5.92 Å². The first-order valence-corrected chi connectivity index (χ1v) is 13.3. The van der Waals surface area contributed by atoms with E-state index < -0.39 is 0 Å². The highest BCUT2D eigenvalue weighted by Crippen LogP contribution is 2.24. The molecule has 2 aliphatic rings. The average molecular weight is 495 g/mol. The second-order valence-corrected chi connectivity index (χ2v) is 9.66. The van der Waals surface area contributed by atoms with E-state index in [2.05, 4.69) is 57.1 Å². The number of anilines is 2. The van der Waals surface area contributed by atoms with Crippen molar-refractivity contribution in [1.29, 1.82) is 0 Å². The summed E-state index contributed by atoms with van der Waals surface area (Å²) >= 11 is 0. The van der Waals surface area contributed by atoms with Crippen LogP contribution in [0.4, 0.5) is 11.5 Å². The molecule has 0 bridgehead atoms. The van der Waals surface area contributed by atoms with Gasteiger partial charge in [0.15, 0.2) is 5.82 Å². The zero-order chi connectivity index (χ0) is 26.3. The first-order valence-electron chi connectivity index (χ1n) is 13.3. The zero-order valence-electron chi connectivity index (χ0n) is 22.8. The van der Waals surface area contributed by atoms with Crippen LogP contribution >= 0.6 is 0 Å². The summed E-state index contributed by atoms with van der Waals surface area (Å²) in [5.41, 5.74) is 3.33. The molecule has 0 aromatic carbocycles. The molecule has 1 aromatic rings. The van der Waals surface area contributed by atoms with E-state index in [9.17, 15) is 0 Å². The summed E-state index contributed by atoms with van der Waals surface area (Å²) in [6.45, 7) is 15.9. The van der Waals surface area contributed by atoms with Crippen LogP contribution < -0.4 is 10.6 Å². The third-order valence-corrected chi connectivity index (χ3v) is 7.03. The Kier molecular flexibility index (Phi) is 13.3. The number of rotatable bonds is 9. The molecule has 1 aromatic heterocycles. The molecule has 3 heterocycles. The summed E-state index contributed by atoms with van der Waals surface area (Å²) in [5, 5.41) is 23.4. The van der Waals surface area contributed by atoms with Gasteiger partial charge in [-0.05, 0) is 90.3 Å². The fraction of sp³-hybridized carbons (Fsp3) is 0.586. The number of likely N-dealkylation sites (tertiary alicyclic amines) is 2. The molecular formula is C29H46N6O. The third kappa shape index (κ3) is 9.42. The van der Waals surface area contributed by atoms with Crippen LogP contribution in [0.25, 0.3) is 0 Å². The largest absolute Gasteiger partial charge is 0.395 e. The lowest BCUT2D eigenvalue weighted by molar-refractivity contribution is 0.0887. The summed E-state index contributed by atoms with van der Waals surface area (Å²) in [7, 11) is 2.24. The molecule has 2 aliphatic heterocycles. The van der Waals surface area contributed by atoms with Crippen molar-refractivity contribution < 1.29 is 5.11 Å². The van der Waals surface area contributed by atoms with Crippen molar-refractivity contribution in [3.8, 4) is 12.3 Å². The molecule has 0 saturated carbocycles. The third-order valence-electron chi connectivity index (χ3n) is 7.03. The summed E-state index contributed by atoms with van der Waals surface area (Å²) in [6.07, 6.45) is 18.8. The molecule has 3 rings (SSSR count). The van der Waals surface area contributed by atoms with Gasteiger partial charge in [-0.25, -0.2) is 0 Å². The van der Waals surface area contributed by atoms with Crippen molar-refractivity contribution in [3.05, 3.63) is 47.8 Å². The van der Waals surface area contributed by atoms with Crippen LogP contribution in [0.5, 0.6) is 0 Å². The molecule has 2 saturated heterocycles. The van der Waals surface area contributed by atoms with Crippen molar-refractivity contribution in [2.45, 2.75) is 58.9 Å². The molecule has 7 nitrogen and oxygen atoms in total. The molecule has 7 heteroatoms. The first kappa shape index (κ1) is 29.6. The molecule has 0 aliphatic carbocycles. The van der Waals surface area contributed by atoms with E-state index in [0.717, 1.165) is 40.9 Å². The maximum atomic E-state index is 8.94. The Morgan fingerprint density at radius 3 is 2.50 bits per heavy atom. The van der Waals surface area contributed by atoms with E-state index in [4.69, 9.17) is 11.5 Å². The van der Waals surface area contributed by atoms with E-state index in [1.165, 1.54) is 51.9 Å². The Labute approximate surface area is 218 Å². The molecule has 0 amide bonds. The number of terminal acetylenes is 1. The van der Waals surface area contributed by atoms with Gasteiger partial charge in [0.25, 0.3) is 0 Å². The van der Waals surface area contributed by atoms with Gasteiger partial charge >= 0.3 is 0 Å².